The van der Waals surface area contributed by atoms with Gasteiger partial charge in [-0.1, -0.05) is 0 Å². The number of H-pyrrole nitrogens is 1. The maximum Gasteiger partial charge on any atom is 0.308 e. The summed E-state index contributed by atoms with van der Waals surface area (Å²) in [6, 6.07) is 1.91. The van der Waals surface area contributed by atoms with E-state index in [1.54, 1.807) is 6.20 Å². The Hall–Kier alpha value is -1.88. The van der Waals surface area contributed by atoms with Gasteiger partial charge in [0.05, 0.1) is 6.20 Å². The Balaban J connectivity index is 2.04. The normalized spacial score (nSPS) is 16.1. The SMILES string of the molecule is CC(=O)Oc1cnc2[nH]c3c(c2c1)CCN(C)CC3. The van der Waals surface area contributed by atoms with E-state index >= 15 is 0 Å². The molecule has 1 aliphatic rings. The molecular formula is C14H17N3O2. The van der Waals surface area contributed by atoms with Crippen LogP contribution in [0.3, 0.4) is 0 Å². The summed E-state index contributed by atoms with van der Waals surface area (Å²) >= 11 is 0. The molecule has 5 heteroatoms. The molecule has 3 heterocycles. The summed E-state index contributed by atoms with van der Waals surface area (Å²) < 4.78 is 5.11. The van der Waals surface area contributed by atoms with Crippen LogP contribution in [0.1, 0.15) is 18.2 Å². The highest BCUT2D eigenvalue weighted by molar-refractivity contribution is 5.83. The number of carbonyl (C=O) groups excluding carboxylic acids is 1. The maximum absolute atomic E-state index is 11.0. The van der Waals surface area contributed by atoms with Crippen LogP contribution in [0, 0.1) is 0 Å². The fourth-order valence-electron chi connectivity index (χ4n) is 2.59. The number of esters is 1. The van der Waals surface area contributed by atoms with Gasteiger partial charge in [-0.05, 0) is 25.1 Å². The molecule has 0 amide bonds. The number of carbonyl (C=O) groups is 1. The van der Waals surface area contributed by atoms with Crippen molar-refractivity contribution in [3.63, 3.8) is 0 Å². The highest BCUT2D eigenvalue weighted by Gasteiger charge is 2.17. The molecule has 0 radical (unpaired) electrons. The van der Waals surface area contributed by atoms with E-state index in [0.717, 1.165) is 37.0 Å². The van der Waals surface area contributed by atoms with E-state index in [9.17, 15) is 4.79 Å². The second kappa shape index (κ2) is 4.66. The number of nitrogens with zero attached hydrogens (tertiary/aromatic N) is 2. The summed E-state index contributed by atoms with van der Waals surface area (Å²) in [5.41, 5.74) is 3.44. The zero-order chi connectivity index (χ0) is 13.4. The minimum atomic E-state index is -0.317. The smallest absolute Gasteiger partial charge is 0.308 e. The Bertz CT molecular complexity index is 633. The average molecular weight is 259 g/mol. The van der Waals surface area contributed by atoms with Gasteiger partial charge in [0.25, 0.3) is 0 Å². The molecule has 3 rings (SSSR count). The van der Waals surface area contributed by atoms with Crippen molar-refractivity contribution in [2.24, 2.45) is 0 Å². The third-order valence-electron chi connectivity index (χ3n) is 3.57. The van der Waals surface area contributed by atoms with Gasteiger partial charge in [-0.2, -0.15) is 0 Å². The zero-order valence-corrected chi connectivity index (χ0v) is 11.2. The number of ether oxygens (including phenoxy) is 1. The number of fused-ring (bicyclic) bond motifs is 3. The molecule has 2 aromatic heterocycles. The molecule has 0 aliphatic carbocycles. The van der Waals surface area contributed by atoms with Gasteiger partial charge in [-0.3, -0.25) is 4.79 Å². The predicted octanol–water partition coefficient (Wildman–Crippen LogP) is 1.52. The van der Waals surface area contributed by atoms with Crippen LogP contribution in [-0.2, 0) is 17.6 Å². The lowest BCUT2D eigenvalue weighted by Gasteiger charge is -2.11. The number of rotatable bonds is 1. The van der Waals surface area contributed by atoms with Crippen molar-refractivity contribution < 1.29 is 9.53 Å². The predicted molar refractivity (Wildman–Crippen MR) is 72.3 cm³/mol. The number of likely N-dealkylation sites (N-methyl/N-ethyl adjacent to an activating group) is 1. The summed E-state index contributed by atoms with van der Waals surface area (Å²) in [5, 5.41) is 1.07. The lowest BCUT2D eigenvalue weighted by Crippen LogP contribution is -2.21. The monoisotopic (exact) mass is 259 g/mol. The van der Waals surface area contributed by atoms with Gasteiger partial charge in [0.15, 0.2) is 0 Å². The molecule has 0 unspecified atom stereocenters. The molecule has 1 N–H and O–H groups in total. The largest absolute Gasteiger partial charge is 0.425 e. The van der Waals surface area contributed by atoms with Gasteiger partial charge in [-0.25, -0.2) is 4.98 Å². The van der Waals surface area contributed by atoms with Crippen LogP contribution in [0.2, 0.25) is 0 Å². The van der Waals surface area contributed by atoms with E-state index in [-0.39, 0.29) is 5.97 Å². The van der Waals surface area contributed by atoms with Crippen molar-refractivity contribution in [3.8, 4) is 5.75 Å². The van der Waals surface area contributed by atoms with Crippen molar-refractivity contribution >= 4 is 17.0 Å². The van der Waals surface area contributed by atoms with E-state index in [2.05, 4.69) is 21.9 Å². The first-order valence-corrected chi connectivity index (χ1v) is 6.50. The third kappa shape index (κ3) is 2.33. The first-order chi connectivity index (χ1) is 9.13. The second-order valence-electron chi connectivity index (χ2n) is 5.05. The van der Waals surface area contributed by atoms with Gasteiger partial charge in [-0.15, -0.1) is 0 Å². The van der Waals surface area contributed by atoms with E-state index in [1.807, 2.05) is 6.07 Å². The molecule has 100 valence electrons. The van der Waals surface area contributed by atoms with Gasteiger partial charge in [0, 0.05) is 37.5 Å². The lowest BCUT2D eigenvalue weighted by molar-refractivity contribution is -0.131. The van der Waals surface area contributed by atoms with Crippen LogP contribution in [0.4, 0.5) is 0 Å². The number of pyridine rings is 1. The van der Waals surface area contributed by atoms with Crippen molar-refractivity contribution in [3.05, 3.63) is 23.5 Å². The summed E-state index contributed by atoms with van der Waals surface area (Å²) in [4.78, 5) is 21.1. The third-order valence-corrected chi connectivity index (χ3v) is 3.57. The van der Waals surface area contributed by atoms with Gasteiger partial charge in [0.1, 0.15) is 11.4 Å². The summed E-state index contributed by atoms with van der Waals surface area (Å²) in [5.74, 6) is 0.196. The van der Waals surface area contributed by atoms with Crippen molar-refractivity contribution in [1.29, 1.82) is 0 Å². The van der Waals surface area contributed by atoms with Crippen molar-refractivity contribution in [2.75, 3.05) is 20.1 Å². The summed E-state index contributed by atoms with van der Waals surface area (Å²) in [6.07, 6.45) is 3.59. The Labute approximate surface area is 111 Å². The standard InChI is InChI=1S/C14H17N3O2/c1-9(18)19-10-7-12-11-3-5-17(2)6-4-13(11)16-14(12)15-8-10/h7-8H,3-6H2,1-2H3,(H,15,16). The van der Waals surface area contributed by atoms with Gasteiger partial charge in [0.2, 0.25) is 0 Å². The average Bonchev–Trinajstić information content (AvgIpc) is 2.60. The van der Waals surface area contributed by atoms with E-state index in [0.29, 0.717) is 5.75 Å². The van der Waals surface area contributed by atoms with Gasteiger partial charge >= 0.3 is 5.97 Å². The zero-order valence-electron chi connectivity index (χ0n) is 11.2. The number of hydrogen-bond acceptors (Lipinski definition) is 4. The minimum absolute atomic E-state index is 0.317. The molecular weight excluding hydrogens is 242 g/mol. The topological polar surface area (TPSA) is 58.2 Å². The van der Waals surface area contributed by atoms with Crippen molar-refractivity contribution in [2.45, 2.75) is 19.8 Å². The Morgan fingerprint density at radius 3 is 3.00 bits per heavy atom. The molecule has 0 saturated carbocycles. The first-order valence-electron chi connectivity index (χ1n) is 6.50. The molecule has 0 atom stereocenters. The molecule has 19 heavy (non-hydrogen) atoms. The number of hydrogen-bond donors (Lipinski definition) is 1. The van der Waals surface area contributed by atoms with Crippen LogP contribution in [0.25, 0.3) is 11.0 Å². The fourth-order valence-corrected chi connectivity index (χ4v) is 2.59. The minimum Gasteiger partial charge on any atom is -0.425 e. The van der Waals surface area contributed by atoms with Crippen LogP contribution in [0.5, 0.6) is 5.75 Å². The van der Waals surface area contributed by atoms with Crippen LogP contribution in [0.15, 0.2) is 12.3 Å². The quantitative estimate of drug-likeness (QED) is 0.789. The van der Waals surface area contributed by atoms with Gasteiger partial charge < -0.3 is 14.6 Å². The first kappa shape index (κ1) is 12.2. The lowest BCUT2D eigenvalue weighted by atomic mass is 10.1. The summed E-state index contributed by atoms with van der Waals surface area (Å²) in [7, 11) is 2.14. The van der Waals surface area contributed by atoms with Crippen LogP contribution >= 0.6 is 0 Å². The molecule has 0 bridgehead atoms. The fraction of sp³-hybridized carbons (Fsp3) is 0.429. The Kier molecular flexibility index (Phi) is 2.98. The van der Waals surface area contributed by atoms with Crippen LogP contribution < -0.4 is 4.74 Å². The van der Waals surface area contributed by atoms with Crippen LogP contribution in [-0.4, -0.2) is 41.0 Å². The molecule has 5 nitrogen and oxygen atoms in total. The van der Waals surface area contributed by atoms with E-state index < -0.39 is 0 Å². The number of aromatic amines is 1. The number of nitrogens with one attached hydrogen (secondary N) is 1. The maximum atomic E-state index is 11.0. The molecule has 0 aromatic carbocycles. The second-order valence-corrected chi connectivity index (χ2v) is 5.05. The molecule has 0 fully saturated rings. The molecule has 1 aliphatic heterocycles. The highest BCUT2D eigenvalue weighted by atomic mass is 16.5. The molecule has 0 spiro atoms. The highest BCUT2D eigenvalue weighted by Crippen LogP contribution is 2.27. The summed E-state index contributed by atoms with van der Waals surface area (Å²) in [6.45, 7) is 3.49. The Morgan fingerprint density at radius 1 is 1.42 bits per heavy atom. The van der Waals surface area contributed by atoms with E-state index in [1.165, 1.54) is 18.2 Å². The molecule has 2 aromatic rings. The number of aromatic nitrogens is 2. The Morgan fingerprint density at radius 2 is 2.21 bits per heavy atom. The molecule has 0 saturated heterocycles. The van der Waals surface area contributed by atoms with E-state index in [4.69, 9.17) is 4.74 Å². The van der Waals surface area contributed by atoms with Crippen molar-refractivity contribution in [1.82, 2.24) is 14.9 Å².